The molecule has 1 atom stereocenters. The van der Waals surface area contributed by atoms with Crippen LogP contribution in [0.5, 0.6) is 11.5 Å². The highest BCUT2D eigenvalue weighted by Crippen LogP contribution is 2.28. The molecule has 5 heteroatoms. The van der Waals surface area contributed by atoms with E-state index in [0.717, 1.165) is 5.56 Å². The summed E-state index contributed by atoms with van der Waals surface area (Å²) >= 11 is 0. The zero-order valence-corrected chi connectivity index (χ0v) is 13.8. The zero-order chi connectivity index (χ0) is 16.5. The van der Waals surface area contributed by atoms with Gasteiger partial charge in [0.25, 0.3) is 0 Å². The van der Waals surface area contributed by atoms with E-state index in [9.17, 15) is 10.1 Å². The first-order chi connectivity index (χ1) is 10.6. The summed E-state index contributed by atoms with van der Waals surface area (Å²) in [7, 11) is 1.59. The van der Waals surface area contributed by atoms with Gasteiger partial charge in [0.1, 0.15) is 5.92 Å². The van der Waals surface area contributed by atoms with Gasteiger partial charge in [-0.05, 0) is 38.5 Å². The van der Waals surface area contributed by atoms with E-state index < -0.39 is 5.92 Å². The van der Waals surface area contributed by atoms with Crippen molar-refractivity contribution in [3.8, 4) is 17.6 Å². The van der Waals surface area contributed by atoms with E-state index in [1.165, 1.54) is 0 Å². The van der Waals surface area contributed by atoms with Crippen molar-refractivity contribution in [1.29, 1.82) is 5.26 Å². The first-order valence-corrected chi connectivity index (χ1v) is 7.53. The summed E-state index contributed by atoms with van der Waals surface area (Å²) in [5.41, 5.74) is 1.08. The number of carbonyl (C=O) groups excluding carboxylic acids is 1. The summed E-state index contributed by atoms with van der Waals surface area (Å²) in [5.74, 6) is 0.479. The Morgan fingerprint density at radius 2 is 2.00 bits per heavy atom. The fourth-order valence-electron chi connectivity index (χ4n) is 2.18. The third kappa shape index (κ3) is 4.66. The van der Waals surface area contributed by atoms with Crippen molar-refractivity contribution in [3.05, 3.63) is 23.8 Å². The average molecular weight is 304 g/mol. The Morgan fingerprint density at radius 1 is 1.32 bits per heavy atom. The molecular weight excluding hydrogens is 280 g/mol. The molecule has 0 aliphatic heterocycles. The van der Waals surface area contributed by atoms with Gasteiger partial charge in [-0.25, -0.2) is 0 Å². The van der Waals surface area contributed by atoms with E-state index >= 15 is 0 Å². The van der Waals surface area contributed by atoms with Crippen molar-refractivity contribution in [2.75, 3.05) is 26.8 Å². The lowest BCUT2D eigenvalue weighted by Gasteiger charge is -2.21. The van der Waals surface area contributed by atoms with Crippen molar-refractivity contribution in [1.82, 2.24) is 4.90 Å². The highest BCUT2D eigenvalue weighted by atomic mass is 16.5. The number of methoxy groups -OCH3 is 1. The van der Waals surface area contributed by atoms with E-state index in [0.29, 0.717) is 37.6 Å². The van der Waals surface area contributed by atoms with Crippen LogP contribution in [-0.2, 0) is 4.79 Å². The minimum absolute atomic E-state index is 0.132. The minimum atomic E-state index is -0.670. The van der Waals surface area contributed by atoms with Gasteiger partial charge in [-0.2, -0.15) is 5.26 Å². The summed E-state index contributed by atoms with van der Waals surface area (Å²) in [4.78, 5) is 13.8. The summed E-state index contributed by atoms with van der Waals surface area (Å²) in [6, 6.07) is 7.73. The fourth-order valence-corrected chi connectivity index (χ4v) is 2.18. The monoisotopic (exact) mass is 304 g/mol. The van der Waals surface area contributed by atoms with Crippen molar-refractivity contribution < 1.29 is 14.3 Å². The predicted octanol–water partition coefficient (Wildman–Crippen LogP) is 2.78. The van der Waals surface area contributed by atoms with Gasteiger partial charge < -0.3 is 14.4 Å². The van der Waals surface area contributed by atoms with Gasteiger partial charge in [-0.3, -0.25) is 4.79 Å². The molecule has 120 valence electrons. The molecule has 1 rings (SSSR count). The highest BCUT2D eigenvalue weighted by Gasteiger charge is 2.22. The van der Waals surface area contributed by atoms with Gasteiger partial charge in [0.05, 0.1) is 19.8 Å². The number of ether oxygens (including phenoxy) is 2. The molecule has 0 bridgehead atoms. The van der Waals surface area contributed by atoms with Gasteiger partial charge in [0.2, 0.25) is 5.91 Å². The zero-order valence-electron chi connectivity index (χ0n) is 13.8. The SMILES string of the molecule is CCN(CC)C(=O)C(C#N)CCOc1ccc(C)cc1OC. The number of benzene rings is 1. The molecule has 22 heavy (non-hydrogen) atoms. The van der Waals surface area contributed by atoms with Gasteiger partial charge in [0, 0.05) is 19.5 Å². The largest absolute Gasteiger partial charge is 0.493 e. The Balaban J connectivity index is 2.62. The standard InChI is InChI=1S/C17H24N2O3/c1-5-19(6-2)17(20)14(12-18)9-10-22-15-8-7-13(3)11-16(15)21-4/h7-8,11,14H,5-6,9-10H2,1-4H3. The quantitative estimate of drug-likeness (QED) is 0.741. The Morgan fingerprint density at radius 3 is 2.55 bits per heavy atom. The van der Waals surface area contributed by atoms with Gasteiger partial charge in [-0.1, -0.05) is 6.07 Å². The number of aryl methyl sites for hydroxylation is 1. The third-order valence-corrected chi connectivity index (χ3v) is 3.51. The lowest BCUT2D eigenvalue weighted by molar-refractivity contribution is -0.133. The van der Waals surface area contributed by atoms with Crippen molar-refractivity contribution in [3.63, 3.8) is 0 Å². The summed E-state index contributed by atoms with van der Waals surface area (Å²) in [6.07, 6.45) is 0.364. The number of carbonyl (C=O) groups is 1. The number of nitriles is 1. The molecule has 0 spiro atoms. The smallest absolute Gasteiger partial charge is 0.240 e. The maximum absolute atomic E-state index is 12.2. The molecule has 0 saturated carbocycles. The second-order valence-electron chi connectivity index (χ2n) is 4.98. The average Bonchev–Trinajstić information content (AvgIpc) is 2.53. The van der Waals surface area contributed by atoms with Gasteiger partial charge in [0.15, 0.2) is 11.5 Å². The van der Waals surface area contributed by atoms with E-state index in [1.54, 1.807) is 12.0 Å². The Kier molecular flexibility index (Phi) is 7.24. The van der Waals surface area contributed by atoms with E-state index in [-0.39, 0.29) is 5.91 Å². The summed E-state index contributed by atoms with van der Waals surface area (Å²) in [6.45, 7) is 7.30. The van der Waals surface area contributed by atoms with Gasteiger partial charge >= 0.3 is 0 Å². The predicted molar refractivity (Wildman–Crippen MR) is 84.9 cm³/mol. The molecule has 0 saturated heterocycles. The molecule has 0 heterocycles. The molecular formula is C17H24N2O3. The number of amides is 1. The number of hydrogen-bond donors (Lipinski definition) is 0. The normalized spacial score (nSPS) is 11.4. The molecule has 1 unspecified atom stereocenters. The summed E-state index contributed by atoms with van der Waals surface area (Å²) < 4.78 is 10.9. The van der Waals surface area contributed by atoms with Crippen LogP contribution in [0.1, 0.15) is 25.8 Å². The van der Waals surface area contributed by atoms with Crippen molar-refractivity contribution in [2.24, 2.45) is 5.92 Å². The maximum Gasteiger partial charge on any atom is 0.240 e. The van der Waals surface area contributed by atoms with Crippen LogP contribution in [0.25, 0.3) is 0 Å². The molecule has 1 aromatic rings. The fraction of sp³-hybridized carbons (Fsp3) is 0.529. The topological polar surface area (TPSA) is 62.6 Å². The molecule has 0 N–H and O–H groups in total. The molecule has 0 radical (unpaired) electrons. The number of hydrogen-bond acceptors (Lipinski definition) is 4. The van der Waals surface area contributed by atoms with Crippen molar-refractivity contribution in [2.45, 2.75) is 27.2 Å². The second-order valence-corrected chi connectivity index (χ2v) is 4.98. The van der Waals surface area contributed by atoms with Crippen LogP contribution in [0.2, 0.25) is 0 Å². The second kappa shape index (κ2) is 8.93. The molecule has 0 aliphatic carbocycles. The highest BCUT2D eigenvalue weighted by molar-refractivity contribution is 5.81. The van der Waals surface area contributed by atoms with Crippen molar-refractivity contribution >= 4 is 5.91 Å². The molecule has 0 aliphatic rings. The Hall–Kier alpha value is -2.22. The van der Waals surface area contributed by atoms with E-state index in [1.807, 2.05) is 39.0 Å². The number of nitrogens with zero attached hydrogens (tertiary/aromatic N) is 2. The van der Waals surface area contributed by atoms with Crippen LogP contribution >= 0.6 is 0 Å². The molecule has 1 amide bonds. The van der Waals surface area contributed by atoms with Crippen LogP contribution in [0.15, 0.2) is 18.2 Å². The molecule has 0 aromatic heterocycles. The van der Waals surface area contributed by atoms with Crippen LogP contribution in [0, 0.1) is 24.2 Å². The summed E-state index contributed by atoms with van der Waals surface area (Å²) in [5, 5.41) is 9.19. The van der Waals surface area contributed by atoms with Crippen LogP contribution in [0.4, 0.5) is 0 Å². The lowest BCUT2D eigenvalue weighted by Crippen LogP contribution is -2.36. The third-order valence-electron chi connectivity index (χ3n) is 3.51. The molecule has 0 fully saturated rings. The van der Waals surface area contributed by atoms with Crippen LogP contribution in [0.3, 0.4) is 0 Å². The Bertz CT molecular complexity index is 533. The lowest BCUT2D eigenvalue weighted by atomic mass is 10.1. The van der Waals surface area contributed by atoms with Crippen LogP contribution in [-0.4, -0.2) is 37.6 Å². The van der Waals surface area contributed by atoms with Gasteiger partial charge in [-0.15, -0.1) is 0 Å². The van der Waals surface area contributed by atoms with Crippen LogP contribution < -0.4 is 9.47 Å². The minimum Gasteiger partial charge on any atom is -0.493 e. The van der Waals surface area contributed by atoms with E-state index in [4.69, 9.17) is 9.47 Å². The molecule has 5 nitrogen and oxygen atoms in total. The molecule has 1 aromatic carbocycles. The first kappa shape index (κ1) is 17.8. The first-order valence-electron chi connectivity index (χ1n) is 7.53. The van der Waals surface area contributed by atoms with E-state index in [2.05, 4.69) is 6.07 Å². The maximum atomic E-state index is 12.2. The number of rotatable bonds is 8. The Labute approximate surface area is 132 Å².